The molecule has 7 heteroatoms. The van der Waals surface area contributed by atoms with Crippen LogP contribution in [-0.2, 0) is 13.6 Å². The number of carboxylic acids is 1. The van der Waals surface area contributed by atoms with Crippen molar-refractivity contribution in [2.45, 2.75) is 13.5 Å². The summed E-state index contributed by atoms with van der Waals surface area (Å²) in [5, 5.41) is 15.7. The summed E-state index contributed by atoms with van der Waals surface area (Å²) in [6, 6.07) is 2.71. The summed E-state index contributed by atoms with van der Waals surface area (Å²) < 4.78 is 1.67. The molecule has 2 rings (SSSR count). The second kappa shape index (κ2) is 5.52. The number of nitrogens with zero attached hydrogens (tertiary/aromatic N) is 3. The van der Waals surface area contributed by atoms with Gasteiger partial charge in [0.25, 0.3) is 5.91 Å². The molecule has 1 amide bonds. The summed E-state index contributed by atoms with van der Waals surface area (Å²) in [5.41, 5.74) is 1.86. The average Bonchev–Trinajstić information content (AvgIpc) is 2.74. The SMILES string of the molecule is Cc1nn(C)cc1CNC(=O)c1ccnc(C(=O)O)c1. The van der Waals surface area contributed by atoms with Crippen molar-refractivity contribution >= 4 is 11.9 Å². The molecule has 2 heterocycles. The highest BCUT2D eigenvalue weighted by atomic mass is 16.4. The van der Waals surface area contributed by atoms with E-state index >= 15 is 0 Å². The van der Waals surface area contributed by atoms with Crippen molar-refractivity contribution in [3.63, 3.8) is 0 Å². The van der Waals surface area contributed by atoms with E-state index in [2.05, 4.69) is 15.4 Å². The van der Waals surface area contributed by atoms with Crippen LogP contribution in [0.5, 0.6) is 0 Å². The number of amides is 1. The quantitative estimate of drug-likeness (QED) is 0.857. The molecule has 104 valence electrons. The summed E-state index contributed by atoms with van der Waals surface area (Å²) >= 11 is 0. The number of carbonyl (C=O) groups is 2. The topological polar surface area (TPSA) is 97.1 Å². The number of nitrogens with one attached hydrogen (secondary N) is 1. The van der Waals surface area contributed by atoms with Gasteiger partial charge in [-0.05, 0) is 19.1 Å². The van der Waals surface area contributed by atoms with E-state index in [1.165, 1.54) is 18.3 Å². The number of hydrogen-bond acceptors (Lipinski definition) is 4. The molecule has 0 radical (unpaired) electrons. The first-order valence-electron chi connectivity index (χ1n) is 5.94. The molecular weight excluding hydrogens is 260 g/mol. The molecule has 0 atom stereocenters. The highest BCUT2D eigenvalue weighted by Gasteiger charge is 2.11. The summed E-state index contributed by atoms with van der Waals surface area (Å²) in [6.07, 6.45) is 3.12. The zero-order valence-electron chi connectivity index (χ0n) is 11.1. The van der Waals surface area contributed by atoms with Gasteiger partial charge in [-0.25, -0.2) is 9.78 Å². The van der Waals surface area contributed by atoms with Crippen LogP contribution in [0.25, 0.3) is 0 Å². The molecule has 0 aliphatic carbocycles. The molecule has 0 saturated heterocycles. The molecule has 0 aromatic carbocycles. The molecular formula is C13H14N4O3. The van der Waals surface area contributed by atoms with Crippen molar-refractivity contribution in [1.29, 1.82) is 0 Å². The lowest BCUT2D eigenvalue weighted by molar-refractivity contribution is 0.0690. The van der Waals surface area contributed by atoms with Crippen molar-refractivity contribution in [2.24, 2.45) is 7.05 Å². The van der Waals surface area contributed by atoms with Gasteiger partial charge in [0.1, 0.15) is 5.69 Å². The number of aromatic carboxylic acids is 1. The maximum atomic E-state index is 12.0. The number of rotatable bonds is 4. The van der Waals surface area contributed by atoms with Crippen LogP contribution in [0.4, 0.5) is 0 Å². The van der Waals surface area contributed by atoms with E-state index in [0.29, 0.717) is 6.54 Å². The number of carbonyl (C=O) groups excluding carboxylic acids is 1. The van der Waals surface area contributed by atoms with Gasteiger partial charge in [0, 0.05) is 37.1 Å². The van der Waals surface area contributed by atoms with Gasteiger partial charge < -0.3 is 10.4 Å². The number of carboxylic acid groups (broad SMARTS) is 1. The maximum absolute atomic E-state index is 12.0. The van der Waals surface area contributed by atoms with E-state index in [-0.39, 0.29) is 17.2 Å². The van der Waals surface area contributed by atoms with Crippen LogP contribution < -0.4 is 5.32 Å². The van der Waals surface area contributed by atoms with Crippen LogP contribution in [0.3, 0.4) is 0 Å². The van der Waals surface area contributed by atoms with Gasteiger partial charge in [0.05, 0.1) is 5.69 Å². The van der Waals surface area contributed by atoms with Crippen molar-refractivity contribution in [3.05, 3.63) is 47.0 Å². The van der Waals surface area contributed by atoms with Gasteiger partial charge in [0.2, 0.25) is 0 Å². The van der Waals surface area contributed by atoms with Crippen LogP contribution in [-0.4, -0.2) is 31.7 Å². The van der Waals surface area contributed by atoms with Gasteiger partial charge in [0.15, 0.2) is 0 Å². The second-order valence-corrected chi connectivity index (χ2v) is 4.33. The molecule has 0 aliphatic rings. The first-order valence-corrected chi connectivity index (χ1v) is 5.94. The van der Waals surface area contributed by atoms with Crippen molar-refractivity contribution < 1.29 is 14.7 Å². The predicted molar refractivity (Wildman–Crippen MR) is 70.3 cm³/mol. The third kappa shape index (κ3) is 3.00. The Labute approximate surface area is 115 Å². The van der Waals surface area contributed by atoms with Crippen molar-refractivity contribution in [2.75, 3.05) is 0 Å². The molecule has 2 aromatic rings. The Bertz CT molecular complexity index is 663. The van der Waals surface area contributed by atoms with Crippen LogP contribution in [0.1, 0.15) is 32.1 Å². The lowest BCUT2D eigenvalue weighted by Gasteiger charge is -2.04. The van der Waals surface area contributed by atoms with Gasteiger partial charge in [-0.2, -0.15) is 5.10 Å². The normalized spacial score (nSPS) is 10.3. The van der Waals surface area contributed by atoms with E-state index in [1.807, 2.05) is 13.1 Å². The van der Waals surface area contributed by atoms with Gasteiger partial charge in [-0.1, -0.05) is 0 Å². The number of pyridine rings is 1. The molecule has 0 unspecified atom stereocenters. The number of aryl methyl sites for hydroxylation is 2. The standard InChI is InChI=1S/C13H14N4O3/c1-8-10(7-17(2)16-8)6-15-12(18)9-3-4-14-11(5-9)13(19)20/h3-5,7H,6H2,1-2H3,(H,15,18)(H,19,20). The Kier molecular flexibility index (Phi) is 3.79. The molecule has 7 nitrogen and oxygen atoms in total. The minimum Gasteiger partial charge on any atom is -0.477 e. The Balaban J connectivity index is 2.07. The van der Waals surface area contributed by atoms with E-state index < -0.39 is 5.97 Å². The number of aromatic nitrogens is 3. The molecule has 0 spiro atoms. The third-order valence-corrected chi connectivity index (χ3v) is 2.80. The van der Waals surface area contributed by atoms with Crippen molar-refractivity contribution in [3.8, 4) is 0 Å². The Morgan fingerprint density at radius 2 is 2.20 bits per heavy atom. The van der Waals surface area contributed by atoms with Gasteiger partial charge in [-0.15, -0.1) is 0 Å². The minimum atomic E-state index is -1.16. The molecule has 2 aromatic heterocycles. The van der Waals surface area contributed by atoms with Crippen LogP contribution >= 0.6 is 0 Å². The summed E-state index contributed by atoms with van der Waals surface area (Å²) in [6.45, 7) is 2.19. The first-order chi connectivity index (χ1) is 9.47. The second-order valence-electron chi connectivity index (χ2n) is 4.33. The molecule has 0 aliphatic heterocycles. The Morgan fingerprint density at radius 1 is 1.45 bits per heavy atom. The maximum Gasteiger partial charge on any atom is 0.354 e. The zero-order valence-corrected chi connectivity index (χ0v) is 11.1. The minimum absolute atomic E-state index is 0.157. The zero-order chi connectivity index (χ0) is 14.7. The monoisotopic (exact) mass is 274 g/mol. The lowest BCUT2D eigenvalue weighted by Crippen LogP contribution is -2.23. The molecule has 2 N–H and O–H groups in total. The van der Waals surface area contributed by atoms with Crippen LogP contribution in [0.2, 0.25) is 0 Å². The molecule has 0 fully saturated rings. The van der Waals surface area contributed by atoms with E-state index in [0.717, 1.165) is 11.3 Å². The average molecular weight is 274 g/mol. The largest absolute Gasteiger partial charge is 0.477 e. The van der Waals surface area contributed by atoms with Crippen LogP contribution in [0.15, 0.2) is 24.5 Å². The Hall–Kier alpha value is -2.70. The predicted octanol–water partition coefficient (Wildman–Crippen LogP) is 0.752. The smallest absolute Gasteiger partial charge is 0.354 e. The summed E-state index contributed by atoms with van der Waals surface area (Å²) in [4.78, 5) is 26.4. The van der Waals surface area contributed by atoms with E-state index in [1.54, 1.807) is 11.7 Å². The van der Waals surface area contributed by atoms with E-state index in [9.17, 15) is 9.59 Å². The number of hydrogen-bond donors (Lipinski definition) is 2. The Morgan fingerprint density at radius 3 is 2.80 bits per heavy atom. The molecule has 0 saturated carbocycles. The van der Waals surface area contributed by atoms with Crippen LogP contribution in [0, 0.1) is 6.92 Å². The first kappa shape index (κ1) is 13.7. The van der Waals surface area contributed by atoms with Gasteiger partial charge >= 0.3 is 5.97 Å². The highest BCUT2D eigenvalue weighted by molar-refractivity contribution is 5.96. The summed E-state index contributed by atoms with van der Waals surface area (Å²) in [5.74, 6) is -1.51. The fraction of sp³-hybridized carbons (Fsp3) is 0.231. The van der Waals surface area contributed by atoms with Gasteiger partial charge in [-0.3, -0.25) is 9.48 Å². The summed E-state index contributed by atoms with van der Waals surface area (Å²) in [7, 11) is 1.81. The van der Waals surface area contributed by atoms with Crippen molar-refractivity contribution in [1.82, 2.24) is 20.1 Å². The highest BCUT2D eigenvalue weighted by Crippen LogP contribution is 2.06. The fourth-order valence-corrected chi connectivity index (χ4v) is 1.79. The third-order valence-electron chi connectivity index (χ3n) is 2.80. The molecule has 20 heavy (non-hydrogen) atoms. The molecule has 0 bridgehead atoms. The fourth-order valence-electron chi connectivity index (χ4n) is 1.79. The lowest BCUT2D eigenvalue weighted by atomic mass is 10.2. The van der Waals surface area contributed by atoms with E-state index in [4.69, 9.17) is 5.11 Å².